The number of hydrogen-bond acceptors (Lipinski definition) is 4. The number of hydrogen-bond donors (Lipinski definition) is 0. The number of para-hydroxylation sites is 2. The second-order valence-electron chi connectivity index (χ2n) is 7.16. The molecule has 3 aromatic rings. The molecule has 0 aliphatic carbocycles. The molecule has 26 heavy (non-hydrogen) atoms. The van der Waals surface area contributed by atoms with Crippen molar-refractivity contribution in [2.75, 3.05) is 32.1 Å². The van der Waals surface area contributed by atoms with E-state index in [-0.39, 0.29) is 0 Å². The first-order valence-corrected chi connectivity index (χ1v) is 8.94. The summed E-state index contributed by atoms with van der Waals surface area (Å²) in [5.74, 6) is 1.10. The van der Waals surface area contributed by atoms with E-state index in [1.807, 2.05) is 31.2 Å². The molecule has 0 spiro atoms. The van der Waals surface area contributed by atoms with Gasteiger partial charge in [-0.2, -0.15) is 5.26 Å². The molecular formula is C21H23N5. The molecule has 5 heteroatoms. The average Bonchev–Trinajstić information content (AvgIpc) is 3.26. The van der Waals surface area contributed by atoms with Crippen molar-refractivity contribution < 1.29 is 0 Å². The van der Waals surface area contributed by atoms with Crippen LogP contribution in [-0.4, -0.2) is 47.5 Å². The first-order valence-electron chi connectivity index (χ1n) is 8.94. The summed E-state index contributed by atoms with van der Waals surface area (Å²) in [6.07, 6.45) is 3.00. The summed E-state index contributed by atoms with van der Waals surface area (Å²) < 4.78 is 2.15. The highest BCUT2D eigenvalue weighted by molar-refractivity contribution is 5.88. The van der Waals surface area contributed by atoms with Crippen LogP contribution in [0.25, 0.3) is 22.8 Å². The van der Waals surface area contributed by atoms with E-state index in [0.29, 0.717) is 11.6 Å². The van der Waals surface area contributed by atoms with Crippen molar-refractivity contribution in [3.8, 4) is 6.07 Å². The lowest BCUT2D eigenvalue weighted by atomic mass is 10.0. The van der Waals surface area contributed by atoms with Gasteiger partial charge in [-0.3, -0.25) is 4.40 Å². The molecule has 132 valence electrons. The zero-order chi connectivity index (χ0) is 18.4. The third-order valence-corrected chi connectivity index (χ3v) is 5.53. The maximum atomic E-state index is 9.77. The fourth-order valence-electron chi connectivity index (χ4n) is 4.04. The fraction of sp³-hybridized carbons (Fsp3) is 0.333. The lowest BCUT2D eigenvalue weighted by Gasteiger charge is -2.26. The average molecular weight is 345 g/mol. The van der Waals surface area contributed by atoms with E-state index < -0.39 is 0 Å². The zero-order valence-electron chi connectivity index (χ0n) is 15.5. The molecule has 1 aromatic carbocycles. The van der Waals surface area contributed by atoms with Gasteiger partial charge in [0.25, 0.3) is 0 Å². The van der Waals surface area contributed by atoms with Gasteiger partial charge in [-0.05, 0) is 45.1 Å². The molecule has 1 aliphatic rings. The van der Waals surface area contributed by atoms with Crippen molar-refractivity contribution in [1.82, 2.24) is 14.3 Å². The molecule has 5 nitrogen and oxygen atoms in total. The summed E-state index contributed by atoms with van der Waals surface area (Å²) in [4.78, 5) is 9.48. The highest BCUT2D eigenvalue weighted by Crippen LogP contribution is 2.35. The van der Waals surface area contributed by atoms with Crippen LogP contribution < -0.4 is 4.90 Å². The SMILES string of the molecule is C=Cc1c(C)c(C#N)c2nc3ccccc3n2c1N1CC[C@H](N(C)C)C1. The van der Waals surface area contributed by atoms with Gasteiger partial charge in [-0.1, -0.05) is 24.8 Å². The summed E-state index contributed by atoms with van der Waals surface area (Å²) in [5, 5.41) is 9.77. The number of benzene rings is 1. The Morgan fingerprint density at radius 1 is 1.35 bits per heavy atom. The largest absolute Gasteiger partial charge is 0.356 e. The van der Waals surface area contributed by atoms with Gasteiger partial charge in [0.1, 0.15) is 11.9 Å². The Labute approximate surface area is 153 Å². The molecule has 3 heterocycles. The molecule has 1 atom stereocenters. The Morgan fingerprint density at radius 3 is 2.77 bits per heavy atom. The minimum absolute atomic E-state index is 0.522. The second kappa shape index (κ2) is 6.15. The third-order valence-electron chi connectivity index (χ3n) is 5.53. The van der Waals surface area contributed by atoms with Crippen molar-refractivity contribution >= 4 is 28.6 Å². The first-order chi connectivity index (χ1) is 12.6. The molecule has 1 aliphatic heterocycles. The summed E-state index contributed by atoms with van der Waals surface area (Å²) in [6, 6.07) is 11.0. The fourth-order valence-corrected chi connectivity index (χ4v) is 4.04. The van der Waals surface area contributed by atoms with Crippen LogP contribution in [0.5, 0.6) is 0 Å². The number of pyridine rings is 1. The van der Waals surface area contributed by atoms with E-state index in [0.717, 1.165) is 53.1 Å². The molecule has 1 saturated heterocycles. The van der Waals surface area contributed by atoms with E-state index >= 15 is 0 Å². The number of likely N-dealkylation sites (N-methyl/N-ethyl adjacent to an activating group) is 1. The van der Waals surface area contributed by atoms with Gasteiger partial charge in [0, 0.05) is 24.7 Å². The van der Waals surface area contributed by atoms with E-state index in [1.54, 1.807) is 0 Å². The van der Waals surface area contributed by atoms with Crippen LogP contribution in [0.2, 0.25) is 0 Å². The lowest BCUT2D eigenvalue weighted by Crippen LogP contribution is -2.32. The summed E-state index contributed by atoms with van der Waals surface area (Å²) >= 11 is 0. The number of imidazole rings is 1. The molecule has 0 unspecified atom stereocenters. The van der Waals surface area contributed by atoms with Crippen LogP contribution in [0.3, 0.4) is 0 Å². The predicted octanol–water partition coefficient (Wildman–Crippen LogP) is 3.45. The number of nitrogens with zero attached hydrogens (tertiary/aromatic N) is 5. The van der Waals surface area contributed by atoms with Crippen molar-refractivity contribution in [2.45, 2.75) is 19.4 Å². The standard InChI is InChI=1S/C21H23N5/c1-5-16-14(2)17(12-22)20-23-18-8-6-7-9-19(18)26(20)21(16)25-11-10-15(13-25)24(3)4/h5-9,15H,1,10-11,13H2,2-4H3/t15-/m0/s1. The van der Waals surface area contributed by atoms with Crippen molar-refractivity contribution in [2.24, 2.45) is 0 Å². The van der Waals surface area contributed by atoms with Crippen molar-refractivity contribution in [3.63, 3.8) is 0 Å². The molecule has 2 aromatic heterocycles. The maximum Gasteiger partial charge on any atom is 0.157 e. The number of fused-ring (bicyclic) bond motifs is 3. The van der Waals surface area contributed by atoms with Gasteiger partial charge in [0.05, 0.1) is 16.6 Å². The van der Waals surface area contributed by atoms with Gasteiger partial charge in [0.15, 0.2) is 5.65 Å². The molecule has 0 amide bonds. The first kappa shape index (κ1) is 16.6. The molecule has 0 N–H and O–H groups in total. The second-order valence-corrected chi connectivity index (χ2v) is 7.16. The monoisotopic (exact) mass is 345 g/mol. The van der Waals surface area contributed by atoms with Crippen LogP contribution in [-0.2, 0) is 0 Å². The Morgan fingerprint density at radius 2 is 2.12 bits per heavy atom. The summed E-state index contributed by atoms with van der Waals surface area (Å²) in [5.41, 5.74) is 5.29. The number of aromatic nitrogens is 2. The predicted molar refractivity (Wildman–Crippen MR) is 107 cm³/mol. The van der Waals surface area contributed by atoms with Crippen LogP contribution in [0.4, 0.5) is 5.82 Å². The lowest BCUT2D eigenvalue weighted by molar-refractivity contribution is 0.315. The normalized spacial score (nSPS) is 17.3. The number of anilines is 1. The van der Waals surface area contributed by atoms with Gasteiger partial charge in [0.2, 0.25) is 0 Å². The minimum Gasteiger partial charge on any atom is -0.356 e. The van der Waals surface area contributed by atoms with Gasteiger partial charge < -0.3 is 9.80 Å². The molecule has 4 rings (SSSR count). The molecular weight excluding hydrogens is 322 g/mol. The van der Waals surface area contributed by atoms with Crippen molar-refractivity contribution in [3.05, 3.63) is 47.5 Å². The van der Waals surface area contributed by atoms with Crippen LogP contribution in [0.1, 0.15) is 23.1 Å². The molecule has 0 saturated carbocycles. The van der Waals surface area contributed by atoms with E-state index in [1.165, 1.54) is 0 Å². The zero-order valence-corrected chi connectivity index (χ0v) is 15.5. The van der Waals surface area contributed by atoms with E-state index in [2.05, 4.69) is 47.0 Å². The van der Waals surface area contributed by atoms with Gasteiger partial charge in [-0.25, -0.2) is 4.98 Å². The van der Waals surface area contributed by atoms with Crippen LogP contribution in [0.15, 0.2) is 30.8 Å². The minimum atomic E-state index is 0.522. The Hall–Kier alpha value is -2.84. The Bertz CT molecular complexity index is 1050. The van der Waals surface area contributed by atoms with E-state index in [4.69, 9.17) is 4.98 Å². The van der Waals surface area contributed by atoms with Gasteiger partial charge in [-0.15, -0.1) is 0 Å². The third kappa shape index (κ3) is 2.30. The highest BCUT2D eigenvalue weighted by Gasteiger charge is 2.29. The summed E-state index contributed by atoms with van der Waals surface area (Å²) in [7, 11) is 4.27. The molecule has 0 radical (unpaired) electrons. The topological polar surface area (TPSA) is 47.6 Å². The molecule has 1 fully saturated rings. The Balaban J connectivity index is 2.08. The van der Waals surface area contributed by atoms with Crippen LogP contribution >= 0.6 is 0 Å². The van der Waals surface area contributed by atoms with E-state index in [9.17, 15) is 5.26 Å². The highest BCUT2D eigenvalue weighted by atomic mass is 15.3. The summed E-state index contributed by atoms with van der Waals surface area (Å²) in [6.45, 7) is 7.98. The quantitative estimate of drug-likeness (QED) is 0.729. The molecule has 0 bridgehead atoms. The van der Waals surface area contributed by atoms with Gasteiger partial charge >= 0.3 is 0 Å². The number of rotatable bonds is 3. The Kier molecular flexibility index (Phi) is 3.93. The van der Waals surface area contributed by atoms with Crippen molar-refractivity contribution in [1.29, 1.82) is 5.26 Å². The maximum absolute atomic E-state index is 9.77. The number of nitriles is 1. The van der Waals surface area contributed by atoms with Crippen LogP contribution in [0, 0.1) is 18.3 Å². The smallest absolute Gasteiger partial charge is 0.157 e.